The Bertz CT molecular complexity index is 1290. The molecular weight excluding hydrogens is 404 g/mol. The molecule has 1 atom stereocenters. The van der Waals surface area contributed by atoms with Gasteiger partial charge in [-0.05, 0) is 18.6 Å². The zero-order valence-electron chi connectivity index (χ0n) is 17.3. The van der Waals surface area contributed by atoms with Crippen LogP contribution in [0.3, 0.4) is 0 Å². The van der Waals surface area contributed by atoms with Gasteiger partial charge in [-0.2, -0.15) is 10.5 Å². The van der Waals surface area contributed by atoms with Crippen LogP contribution in [-0.2, 0) is 6.61 Å². The van der Waals surface area contributed by atoms with E-state index in [-0.39, 0.29) is 23.0 Å². The van der Waals surface area contributed by atoms with Crippen molar-refractivity contribution in [1.82, 2.24) is 10.3 Å². The molecule has 0 fully saturated rings. The number of anilines is 3. The first-order chi connectivity index (χ1) is 15.5. The van der Waals surface area contributed by atoms with E-state index < -0.39 is 6.04 Å². The molecule has 0 spiro atoms. The van der Waals surface area contributed by atoms with Gasteiger partial charge in [0.15, 0.2) is 6.19 Å². The lowest BCUT2D eigenvalue weighted by Gasteiger charge is -2.27. The summed E-state index contributed by atoms with van der Waals surface area (Å²) in [4.78, 5) is 8.88. The molecule has 9 nitrogen and oxygen atoms in total. The van der Waals surface area contributed by atoms with E-state index in [0.29, 0.717) is 29.3 Å². The zero-order chi connectivity index (χ0) is 22.7. The number of rotatable bonds is 4. The summed E-state index contributed by atoms with van der Waals surface area (Å²) in [5.41, 5.74) is 15.9. The molecule has 6 N–H and O–H groups in total. The Balaban J connectivity index is 1.78. The van der Waals surface area contributed by atoms with Gasteiger partial charge in [-0.1, -0.05) is 48.0 Å². The Morgan fingerprint density at radius 2 is 1.88 bits per heavy atom. The van der Waals surface area contributed by atoms with Crippen molar-refractivity contribution in [2.45, 2.75) is 19.6 Å². The van der Waals surface area contributed by atoms with Crippen molar-refractivity contribution >= 4 is 23.3 Å². The monoisotopic (exact) mass is 424 g/mol. The second kappa shape index (κ2) is 8.54. The number of nitriles is 2. The molecule has 2 heterocycles. The average molecular weight is 424 g/mol. The second-order valence-electron chi connectivity index (χ2n) is 7.21. The number of pyridine rings is 1. The highest BCUT2D eigenvalue weighted by molar-refractivity contribution is 5.98. The van der Waals surface area contributed by atoms with E-state index in [1.54, 1.807) is 0 Å². The Kier molecular flexibility index (Phi) is 5.47. The number of nitrogens with zero attached hydrogens (tertiary/aromatic N) is 4. The van der Waals surface area contributed by atoms with Crippen molar-refractivity contribution in [3.63, 3.8) is 0 Å². The number of nitrogens with one attached hydrogen (secondary N) is 2. The highest BCUT2D eigenvalue weighted by Gasteiger charge is 2.31. The summed E-state index contributed by atoms with van der Waals surface area (Å²) < 4.78 is 6.12. The molecular formula is C23H20N8O. The molecule has 1 aliphatic heterocycles. The van der Waals surface area contributed by atoms with Crippen LogP contribution in [0.1, 0.15) is 33.9 Å². The van der Waals surface area contributed by atoms with E-state index in [1.807, 2.05) is 67.7 Å². The number of ether oxygens (including phenoxy) is 1. The molecule has 0 radical (unpaired) electrons. The van der Waals surface area contributed by atoms with Gasteiger partial charge >= 0.3 is 0 Å². The van der Waals surface area contributed by atoms with Crippen molar-refractivity contribution in [1.29, 1.82) is 10.5 Å². The number of nitrogens with two attached hydrogens (primary N) is 2. The topological polar surface area (TPSA) is 158 Å². The number of hydrogen-bond donors (Lipinski definition) is 4. The Morgan fingerprint density at radius 1 is 1.12 bits per heavy atom. The third kappa shape index (κ3) is 3.83. The number of aryl methyl sites for hydroxylation is 1. The van der Waals surface area contributed by atoms with Crippen LogP contribution in [0.4, 0.5) is 17.3 Å². The first-order valence-corrected chi connectivity index (χ1v) is 9.78. The van der Waals surface area contributed by atoms with Crippen molar-refractivity contribution in [3.8, 4) is 18.0 Å². The molecule has 158 valence electrons. The molecule has 1 unspecified atom stereocenters. The van der Waals surface area contributed by atoms with Gasteiger partial charge in [-0.15, -0.1) is 0 Å². The van der Waals surface area contributed by atoms with E-state index in [2.05, 4.69) is 20.6 Å². The quantitative estimate of drug-likeness (QED) is 0.367. The summed E-state index contributed by atoms with van der Waals surface area (Å²) in [5.74, 6) is 1.11. The molecule has 4 rings (SSSR count). The summed E-state index contributed by atoms with van der Waals surface area (Å²) in [5, 5.41) is 24.0. The van der Waals surface area contributed by atoms with Crippen LogP contribution < -0.4 is 26.8 Å². The third-order valence-electron chi connectivity index (χ3n) is 5.09. The fraction of sp³-hybridized carbons (Fsp3) is 0.130. The molecule has 0 amide bonds. The van der Waals surface area contributed by atoms with Crippen LogP contribution in [0.15, 0.2) is 53.5 Å². The minimum absolute atomic E-state index is 0.00267. The summed E-state index contributed by atoms with van der Waals surface area (Å²) >= 11 is 0. The van der Waals surface area contributed by atoms with Gasteiger partial charge in [0.05, 0.1) is 5.69 Å². The molecule has 0 bridgehead atoms. The minimum Gasteiger partial charge on any atom is -0.489 e. The van der Waals surface area contributed by atoms with E-state index in [9.17, 15) is 5.26 Å². The summed E-state index contributed by atoms with van der Waals surface area (Å²) in [6.07, 6.45) is 1.84. The number of para-hydroxylation sites is 1. The van der Waals surface area contributed by atoms with Gasteiger partial charge in [0.2, 0.25) is 5.96 Å². The van der Waals surface area contributed by atoms with Crippen molar-refractivity contribution < 1.29 is 4.74 Å². The molecule has 1 aromatic heterocycles. The van der Waals surface area contributed by atoms with E-state index in [0.717, 1.165) is 5.56 Å². The highest BCUT2D eigenvalue weighted by Crippen LogP contribution is 2.43. The second-order valence-corrected chi connectivity index (χ2v) is 7.21. The van der Waals surface area contributed by atoms with Gasteiger partial charge < -0.3 is 21.5 Å². The van der Waals surface area contributed by atoms with Crippen molar-refractivity contribution in [3.05, 3.63) is 76.3 Å². The van der Waals surface area contributed by atoms with Crippen LogP contribution in [-0.4, -0.2) is 10.9 Å². The van der Waals surface area contributed by atoms with Crippen LogP contribution in [0.25, 0.3) is 0 Å². The first-order valence-electron chi connectivity index (χ1n) is 9.78. The predicted molar refractivity (Wildman–Crippen MR) is 121 cm³/mol. The number of fused-ring (bicyclic) bond motifs is 1. The fourth-order valence-corrected chi connectivity index (χ4v) is 3.49. The number of nitrogen functional groups attached to an aromatic ring is 2. The molecule has 0 aliphatic carbocycles. The van der Waals surface area contributed by atoms with Crippen molar-refractivity contribution in [2.75, 3.05) is 16.8 Å². The SMILES string of the molecule is Cc1ccc(COc2ccccc2C2N=C(NC#N)Nc3nc(N)c(C#N)c(N)c32)cc1. The average Bonchev–Trinajstić information content (AvgIpc) is 2.79. The van der Waals surface area contributed by atoms with Gasteiger partial charge in [0, 0.05) is 11.1 Å². The van der Waals surface area contributed by atoms with E-state index >= 15 is 0 Å². The van der Waals surface area contributed by atoms with E-state index in [1.165, 1.54) is 5.56 Å². The number of benzene rings is 2. The predicted octanol–water partition coefficient (Wildman–Crippen LogP) is 2.95. The first kappa shape index (κ1) is 20.5. The standard InChI is InChI=1S/C23H20N8O/c1-13-6-8-14(9-7-13)11-32-17-5-3-2-4-15(17)20-18-19(26)16(10-24)21(27)30-22(18)31-23(29-20)28-12-25/h2-9,20H,11H2,1H3,(H6,26,27,28,29,30,31). The minimum atomic E-state index is -0.670. The maximum absolute atomic E-state index is 9.49. The fourth-order valence-electron chi connectivity index (χ4n) is 3.49. The third-order valence-corrected chi connectivity index (χ3v) is 5.09. The van der Waals surface area contributed by atoms with E-state index in [4.69, 9.17) is 21.5 Å². The Hall–Kier alpha value is -4.76. The maximum Gasteiger partial charge on any atom is 0.211 e. The molecule has 3 aromatic rings. The van der Waals surface area contributed by atoms with Crippen LogP contribution in [0.5, 0.6) is 5.75 Å². The maximum atomic E-state index is 9.49. The lowest BCUT2D eigenvalue weighted by molar-refractivity contribution is 0.302. The van der Waals surface area contributed by atoms with Gasteiger partial charge in [-0.3, -0.25) is 5.32 Å². The van der Waals surface area contributed by atoms with Crippen LogP contribution in [0.2, 0.25) is 0 Å². The molecule has 9 heteroatoms. The normalized spacial score (nSPS) is 14.2. The summed E-state index contributed by atoms with van der Waals surface area (Å²) in [6, 6.07) is 16.8. The molecule has 2 aromatic carbocycles. The smallest absolute Gasteiger partial charge is 0.211 e. The largest absolute Gasteiger partial charge is 0.489 e. The lowest BCUT2D eigenvalue weighted by atomic mass is 9.94. The van der Waals surface area contributed by atoms with Crippen molar-refractivity contribution in [2.24, 2.45) is 4.99 Å². The number of guanidine groups is 1. The summed E-state index contributed by atoms with van der Waals surface area (Å²) in [7, 11) is 0. The number of hydrogen-bond acceptors (Lipinski definition) is 9. The zero-order valence-corrected chi connectivity index (χ0v) is 17.3. The molecule has 1 aliphatic rings. The number of aromatic nitrogens is 1. The van der Waals surface area contributed by atoms with Crippen LogP contribution in [0, 0.1) is 29.7 Å². The van der Waals surface area contributed by atoms with Gasteiger partial charge in [0.25, 0.3) is 0 Å². The highest BCUT2D eigenvalue weighted by atomic mass is 16.5. The lowest BCUT2D eigenvalue weighted by Crippen LogP contribution is -2.32. The summed E-state index contributed by atoms with van der Waals surface area (Å²) in [6.45, 7) is 2.39. The number of aliphatic imine (C=N–C) groups is 1. The Labute approximate surface area is 185 Å². The molecule has 32 heavy (non-hydrogen) atoms. The van der Waals surface area contributed by atoms with Crippen LogP contribution >= 0.6 is 0 Å². The van der Waals surface area contributed by atoms with Gasteiger partial charge in [-0.25, -0.2) is 9.98 Å². The molecule has 0 saturated carbocycles. The van der Waals surface area contributed by atoms with Gasteiger partial charge in [0.1, 0.15) is 41.7 Å². The Morgan fingerprint density at radius 3 is 2.59 bits per heavy atom. The molecule has 0 saturated heterocycles.